The summed E-state index contributed by atoms with van der Waals surface area (Å²) in [5.74, 6) is 0.257. The van der Waals surface area contributed by atoms with Crippen molar-refractivity contribution in [1.29, 1.82) is 0 Å². The summed E-state index contributed by atoms with van der Waals surface area (Å²) < 4.78 is 5.27. The third-order valence-corrected chi connectivity index (χ3v) is 4.26. The van der Waals surface area contributed by atoms with E-state index in [1.54, 1.807) is 0 Å². The number of benzene rings is 1. The van der Waals surface area contributed by atoms with Crippen LogP contribution in [-0.2, 0) is 6.54 Å². The van der Waals surface area contributed by atoms with Crippen molar-refractivity contribution < 1.29 is 9.52 Å². The van der Waals surface area contributed by atoms with Gasteiger partial charge in [-0.3, -0.25) is 9.69 Å². The molecule has 2 heterocycles. The van der Waals surface area contributed by atoms with E-state index in [0.29, 0.717) is 18.3 Å². The molecular formula is C18H22N2O3. The van der Waals surface area contributed by atoms with Crippen LogP contribution in [0.1, 0.15) is 24.2 Å². The molecule has 0 saturated carbocycles. The minimum absolute atomic E-state index is 0.338. The van der Waals surface area contributed by atoms with Crippen LogP contribution < -0.4 is 10.7 Å². The first kappa shape index (κ1) is 15.6. The zero-order chi connectivity index (χ0) is 16.2. The second kappa shape index (κ2) is 6.87. The number of rotatable bonds is 4. The zero-order valence-corrected chi connectivity index (χ0v) is 13.3. The molecule has 0 unspecified atom stereocenters. The van der Waals surface area contributed by atoms with Gasteiger partial charge in [0.25, 0.3) is 0 Å². The van der Waals surface area contributed by atoms with E-state index in [4.69, 9.17) is 4.42 Å². The number of likely N-dealkylation sites (tertiary alicyclic amines) is 1. The van der Waals surface area contributed by atoms with Crippen molar-refractivity contribution in [3.8, 4) is 5.75 Å². The van der Waals surface area contributed by atoms with Crippen LogP contribution in [0.2, 0.25) is 0 Å². The van der Waals surface area contributed by atoms with Crippen LogP contribution in [-0.4, -0.2) is 29.1 Å². The van der Waals surface area contributed by atoms with E-state index < -0.39 is 0 Å². The average molecular weight is 314 g/mol. The number of anilines is 1. The van der Waals surface area contributed by atoms with Gasteiger partial charge in [-0.25, -0.2) is 0 Å². The molecule has 0 bridgehead atoms. The minimum Gasteiger partial charge on any atom is -0.502 e. The first-order valence-corrected chi connectivity index (χ1v) is 7.96. The van der Waals surface area contributed by atoms with Crippen LogP contribution in [0.5, 0.6) is 5.75 Å². The molecule has 2 aromatic rings. The van der Waals surface area contributed by atoms with Crippen molar-refractivity contribution >= 4 is 5.69 Å². The van der Waals surface area contributed by atoms with Crippen molar-refractivity contribution in [3.05, 3.63) is 58.1 Å². The molecule has 0 amide bonds. The summed E-state index contributed by atoms with van der Waals surface area (Å²) in [4.78, 5) is 13.7. The number of hydrogen-bond donors (Lipinski definition) is 2. The van der Waals surface area contributed by atoms with Gasteiger partial charge in [0.2, 0.25) is 5.43 Å². The highest BCUT2D eigenvalue weighted by molar-refractivity contribution is 5.45. The Kier molecular flexibility index (Phi) is 4.67. The highest BCUT2D eigenvalue weighted by atomic mass is 16.4. The van der Waals surface area contributed by atoms with E-state index in [1.807, 2.05) is 0 Å². The first-order valence-electron chi connectivity index (χ1n) is 7.96. The lowest BCUT2D eigenvalue weighted by molar-refractivity contribution is 0.194. The Morgan fingerprint density at radius 2 is 1.96 bits per heavy atom. The van der Waals surface area contributed by atoms with Gasteiger partial charge in [0.15, 0.2) is 5.75 Å². The molecule has 1 aliphatic rings. The second-order valence-corrected chi connectivity index (χ2v) is 6.16. The zero-order valence-electron chi connectivity index (χ0n) is 13.3. The van der Waals surface area contributed by atoms with Crippen molar-refractivity contribution in [2.45, 2.75) is 32.4 Å². The van der Waals surface area contributed by atoms with Crippen LogP contribution >= 0.6 is 0 Å². The number of hydrogen-bond acceptors (Lipinski definition) is 5. The standard InChI is InChI=1S/C18H22N2O3/c1-13-2-4-14(5-3-13)19-15-6-8-20(9-7-15)11-16-10-17(21)18(22)12-23-16/h2-5,10,12,15,19,22H,6-9,11H2,1H3. The van der Waals surface area contributed by atoms with Crippen molar-refractivity contribution in [2.75, 3.05) is 18.4 Å². The van der Waals surface area contributed by atoms with E-state index in [9.17, 15) is 9.90 Å². The molecule has 0 atom stereocenters. The Balaban J connectivity index is 1.51. The summed E-state index contributed by atoms with van der Waals surface area (Å²) in [5.41, 5.74) is 2.04. The number of aromatic hydroxyl groups is 1. The molecule has 5 nitrogen and oxygen atoms in total. The van der Waals surface area contributed by atoms with Crippen LogP contribution in [0.25, 0.3) is 0 Å². The van der Waals surface area contributed by atoms with E-state index in [1.165, 1.54) is 17.3 Å². The van der Waals surface area contributed by atoms with Crippen LogP contribution in [0.15, 0.2) is 45.8 Å². The summed E-state index contributed by atoms with van der Waals surface area (Å²) in [5, 5.41) is 12.8. The van der Waals surface area contributed by atoms with Gasteiger partial charge in [0.05, 0.1) is 6.54 Å². The van der Waals surface area contributed by atoms with E-state index >= 15 is 0 Å². The predicted octanol–water partition coefficient (Wildman–Crippen LogP) is 2.73. The molecule has 23 heavy (non-hydrogen) atoms. The molecule has 1 fully saturated rings. The Labute approximate surface area is 135 Å². The smallest absolute Gasteiger partial charge is 0.226 e. The second-order valence-electron chi connectivity index (χ2n) is 6.16. The summed E-state index contributed by atoms with van der Waals surface area (Å²) in [6, 6.07) is 10.3. The fourth-order valence-corrected chi connectivity index (χ4v) is 2.87. The molecule has 1 saturated heterocycles. The first-order chi connectivity index (χ1) is 11.1. The number of nitrogens with one attached hydrogen (secondary N) is 1. The molecule has 0 radical (unpaired) electrons. The SMILES string of the molecule is Cc1ccc(NC2CCN(Cc3cc(=O)c(O)co3)CC2)cc1. The molecule has 1 aliphatic heterocycles. The average Bonchev–Trinajstić information content (AvgIpc) is 2.55. The third-order valence-electron chi connectivity index (χ3n) is 4.26. The fraction of sp³-hybridized carbons (Fsp3) is 0.389. The Morgan fingerprint density at radius 3 is 2.61 bits per heavy atom. The lowest BCUT2D eigenvalue weighted by Crippen LogP contribution is -2.38. The summed E-state index contributed by atoms with van der Waals surface area (Å²) >= 11 is 0. The summed E-state index contributed by atoms with van der Waals surface area (Å²) in [6.45, 7) is 4.60. The van der Waals surface area contributed by atoms with Gasteiger partial charge in [-0.2, -0.15) is 0 Å². The van der Waals surface area contributed by atoms with E-state index in [0.717, 1.165) is 32.2 Å². The monoisotopic (exact) mass is 314 g/mol. The Bertz CT molecular complexity index is 701. The number of piperidine rings is 1. The summed E-state index contributed by atoms with van der Waals surface area (Å²) in [6.07, 6.45) is 3.22. The largest absolute Gasteiger partial charge is 0.502 e. The van der Waals surface area contributed by atoms with Crippen LogP contribution in [0.4, 0.5) is 5.69 Å². The highest BCUT2D eigenvalue weighted by Crippen LogP contribution is 2.18. The van der Waals surface area contributed by atoms with Gasteiger partial charge in [-0.05, 0) is 31.9 Å². The maximum absolute atomic E-state index is 11.4. The van der Waals surface area contributed by atoms with Gasteiger partial charge in [-0.1, -0.05) is 17.7 Å². The summed E-state index contributed by atoms with van der Waals surface area (Å²) in [7, 11) is 0. The van der Waals surface area contributed by atoms with E-state index in [-0.39, 0.29) is 11.2 Å². The van der Waals surface area contributed by atoms with Gasteiger partial charge in [0.1, 0.15) is 12.0 Å². The van der Waals surface area contributed by atoms with Crippen LogP contribution in [0.3, 0.4) is 0 Å². The maximum atomic E-state index is 11.4. The third kappa shape index (κ3) is 4.13. The lowest BCUT2D eigenvalue weighted by atomic mass is 10.0. The Morgan fingerprint density at radius 1 is 1.26 bits per heavy atom. The van der Waals surface area contributed by atoms with E-state index in [2.05, 4.69) is 41.4 Å². The number of aryl methyl sites for hydroxylation is 1. The molecule has 0 aliphatic carbocycles. The van der Waals surface area contributed by atoms with Gasteiger partial charge in [-0.15, -0.1) is 0 Å². The predicted molar refractivity (Wildman–Crippen MR) is 89.7 cm³/mol. The van der Waals surface area contributed by atoms with Gasteiger partial charge in [0, 0.05) is 30.9 Å². The normalized spacial score (nSPS) is 16.4. The molecule has 1 aromatic heterocycles. The maximum Gasteiger partial charge on any atom is 0.226 e. The van der Waals surface area contributed by atoms with Gasteiger partial charge < -0.3 is 14.8 Å². The van der Waals surface area contributed by atoms with Crippen LogP contribution in [0, 0.1) is 6.92 Å². The highest BCUT2D eigenvalue weighted by Gasteiger charge is 2.20. The molecule has 5 heteroatoms. The fourth-order valence-electron chi connectivity index (χ4n) is 2.87. The molecule has 1 aromatic carbocycles. The van der Waals surface area contributed by atoms with Crippen molar-refractivity contribution in [3.63, 3.8) is 0 Å². The lowest BCUT2D eigenvalue weighted by Gasteiger charge is -2.32. The van der Waals surface area contributed by atoms with Crippen molar-refractivity contribution in [2.24, 2.45) is 0 Å². The van der Waals surface area contributed by atoms with Crippen molar-refractivity contribution in [1.82, 2.24) is 4.90 Å². The number of nitrogens with zero attached hydrogens (tertiary/aromatic N) is 1. The quantitative estimate of drug-likeness (QED) is 0.908. The minimum atomic E-state index is -0.387. The molecule has 122 valence electrons. The van der Waals surface area contributed by atoms with Gasteiger partial charge >= 0.3 is 0 Å². The topological polar surface area (TPSA) is 65.7 Å². The molecule has 0 spiro atoms. The Hall–Kier alpha value is -2.27. The molecule has 3 rings (SSSR count). The molecular weight excluding hydrogens is 292 g/mol. The molecule has 2 N–H and O–H groups in total.